The van der Waals surface area contributed by atoms with Gasteiger partial charge in [0.25, 0.3) is 0 Å². The molecule has 0 radical (unpaired) electrons. The van der Waals surface area contributed by atoms with Crippen LogP contribution in [0.25, 0.3) is 0 Å². The predicted molar refractivity (Wildman–Crippen MR) is 76.4 cm³/mol. The second kappa shape index (κ2) is 6.56. The number of phenolic OH excluding ortho intramolecular Hbond substituents is 1. The highest BCUT2D eigenvalue weighted by atomic mass is 79.9. The van der Waals surface area contributed by atoms with E-state index in [4.69, 9.17) is 4.74 Å². The topological polar surface area (TPSA) is 73.8 Å². The number of hydrogen-bond acceptors (Lipinski definition) is 5. The van der Waals surface area contributed by atoms with E-state index in [1.54, 1.807) is 12.1 Å². The third-order valence-electron chi connectivity index (χ3n) is 3.37. The lowest BCUT2D eigenvalue weighted by Gasteiger charge is -2.15. The zero-order valence-corrected chi connectivity index (χ0v) is 12.4. The van der Waals surface area contributed by atoms with Gasteiger partial charge < -0.3 is 25.6 Å². The van der Waals surface area contributed by atoms with E-state index in [1.165, 1.54) is 7.11 Å². The van der Waals surface area contributed by atoms with E-state index in [1.807, 2.05) is 0 Å². The van der Waals surface area contributed by atoms with Crippen LogP contribution in [-0.2, 0) is 6.54 Å². The third kappa shape index (κ3) is 3.60. The number of aliphatic hydroxyl groups is 1. The van der Waals surface area contributed by atoms with E-state index in [0.29, 0.717) is 18.8 Å². The number of hydrogen-bond donors (Lipinski definition) is 4. The molecule has 5 nitrogen and oxygen atoms in total. The van der Waals surface area contributed by atoms with E-state index in [9.17, 15) is 10.2 Å². The largest absolute Gasteiger partial charge is 0.504 e. The van der Waals surface area contributed by atoms with Crippen LogP contribution in [0.4, 0.5) is 0 Å². The third-order valence-corrected chi connectivity index (χ3v) is 4.11. The van der Waals surface area contributed by atoms with Crippen LogP contribution in [0, 0.1) is 5.92 Å². The molecule has 19 heavy (non-hydrogen) atoms. The lowest BCUT2D eigenvalue weighted by molar-refractivity contribution is 0.146. The van der Waals surface area contributed by atoms with Crippen LogP contribution in [-0.4, -0.2) is 43.1 Å². The molecule has 1 aromatic carbocycles. The number of aromatic hydroxyl groups is 1. The van der Waals surface area contributed by atoms with Crippen LogP contribution in [0.5, 0.6) is 11.5 Å². The molecule has 2 atom stereocenters. The monoisotopic (exact) mass is 330 g/mol. The van der Waals surface area contributed by atoms with E-state index in [0.717, 1.165) is 23.1 Å². The van der Waals surface area contributed by atoms with Crippen LogP contribution in [0.15, 0.2) is 16.6 Å². The van der Waals surface area contributed by atoms with Crippen LogP contribution in [0.3, 0.4) is 0 Å². The van der Waals surface area contributed by atoms with Crippen molar-refractivity contribution in [1.82, 2.24) is 10.6 Å². The molecular weight excluding hydrogens is 312 g/mol. The number of rotatable bonds is 5. The molecule has 0 amide bonds. The number of nitrogens with one attached hydrogen (secondary N) is 2. The van der Waals surface area contributed by atoms with E-state index in [2.05, 4.69) is 26.6 Å². The minimum absolute atomic E-state index is 0.130. The second-order valence-corrected chi connectivity index (χ2v) is 5.59. The number of ether oxygens (including phenoxy) is 1. The number of benzene rings is 1. The normalized spacial score (nSPS) is 22.7. The van der Waals surface area contributed by atoms with Gasteiger partial charge in [0.15, 0.2) is 11.5 Å². The molecular formula is C13H19BrN2O3. The molecule has 1 aromatic rings. The molecule has 2 rings (SSSR count). The maximum atomic E-state index is 9.75. The highest BCUT2D eigenvalue weighted by molar-refractivity contribution is 9.10. The smallest absolute Gasteiger partial charge is 0.161 e. The molecule has 0 spiro atoms. The second-order valence-electron chi connectivity index (χ2n) is 4.73. The average Bonchev–Trinajstić information content (AvgIpc) is 2.79. The van der Waals surface area contributed by atoms with Crippen molar-refractivity contribution in [2.75, 3.05) is 26.7 Å². The summed E-state index contributed by atoms with van der Waals surface area (Å²) in [6.07, 6.45) is -0.278. The van der Waals surface area contributed by atoms with Crippen molar-refractivity contribution in [3.8, 4) is 11.5 Å². The Morgan fingerprint density at radius 3 is 2.89 bits per heavy atom. The molecule has 1 saturated heterocycles. The molecule has 0 aromatic heterocycles. The zero-order valence-electron chi connectivity index (χ0n) is 10.8. The summed E-state index contributed by atoms with van der Waals surface area (Å²) in [7, 11) is 1.52. The van der Waals surface area contributed by atoms with Gasteiger partial charge in [0, 0.05) is 36.6 Å². The van der Waals surface area contributed by atoms with Gasteiger partial charge in [-0.3, -0.25) is 0 Å². The van der Waals surface area contributed by atoms with Gasteiger partial charge in [0.05, 0.1) is 13.2 Å². The van der Waals surface area contributed by atoms with Crippen LogP contribution in [0.1, 0.15) is 5.56 Å². The number of methoxy groups -OCH3 is 1. The van der Waals surface area contributed by atoms with Crippen molar-refractivity contribution in [2.24, 2.45) is 5.92 Å². The molecule has 4 N–H and O–H groups in total. The van der Waals surface area contributed by atoms with Crippen molar-refractivity contribution < 1.29 is 14.9 Å². The van der Waals surface area contributed by atoms with Gasteiger partial charge in [-0.2, -0.15) is 0 Å². The summed E-state index contributed by atoms with van der Waals surface area (Å²) in [5, 5.41) is 25.9. The predicted octanol–water partition coefficient (Wildman–Crippen LogP) is 0.833. The fourth-order valence-corrected chi connectivity index (χ4v) is 2.67. The van der Waals surface area contributed by atoms with Gasteiger partial charge in [-0.25, -0.2) is 0 Å². The number of β-amino-alcohol motifs (C(OH)–C–C–N with tert-alkyl or cyclic N) is 1. The van der Waals surface area contributed by atoms with E-state index < -0.39 is 0 Å². The van der Waals surface area contributed by atoms with Crippen LogP contribution >= 0.6 is 15.9 Å². The van der Waals surface area contributed by atoms with E-state index >= 15 is 0 Å². The van der Waals surface area contributed by atoms with Gasteiger partial charge in [0.2, 0.25) is 0 Å². The fraction of sp³-hybridized carbons (Fsp3) is 0.538. The summed E-state index contributed by atoms with van der Waals surface area (Å²) < 4.78 is 5.93. The summed E-state index contributed by atoms with van der Waals surface area (Å²) in [5.41, 5.74) is 0.957. The highest BCUT2D eigenvalue weighted by Crippen LogP contribution is 2.32. The van der Waals surface area contributed by atoms with Crippen molar-refractivity contribution in [3.05, 3.63) is 22.2 Å². The van der Waals surface area contributed by atoms with Crippen LogP contribution < -0.4 is 15.4 Å². The molecule has 1 heterocycles. The van der Waals surface area contributed by atoms with Gasteiger partial charge >= 0.3 is 0 Å². The molecule has 1 aliphatic heterocycles. The first-order chi connectivity index (χ1) is 9.11. The van der Waals surface area contributed by atoms with E-state index in [-0.39, 0.29) is 17.8 Å². The maximum Gasteiger partial charge on any atom is 0.161 e. The molecule has 0 aliphatic carbocycles. The summed E-state index contributed by atoms with van der Waals surface area (Å²) in [6, 6.07) is 3.43. The highest BCUT2D eigenvalue weighted by Gasteiger charge is 2.24. The average molecular weight is 331 g/mol. The molecule has 6 heteroatoms. The first kappa shape index (κ1) is 14.6. The number of phenols is 1. The molecule has 1 fully saturated rings. The Bertz CT molecular complexity index is 442. The zero-order chi connectivity index (χ0) is 13.8. The standard InChI is InChI=1S/C13H19BrN2O3/c1-19-13-3-10(14)8(2-11(13)17)4-15-5-9-6-16-7-12(9)18/h2-3,9,12,15-18H,4-7H2,1H3. The summed E-state index contributed by atoms with van der Waals surface area (Å²) in [4.78, 5) is 0. The Hall–Kier alpha value is -0.820. The van der Waals surface area contributed by atoms with Gasteiger partial charge in [-0.05, 0) is 17.7 Å². The molecule has 1 aliphatic rings. The summed E-state index contributed by atoms with van der Waals surface area (Å²) >= 11 is 3.45. The van der Waals surface area contributed by atoms with Gasteiger partial charge in [0.1, 0.15) is 0 Å². The minimum Gasteiger partial charge on any atom is -0.504 e. The molecule has 106 valence electrons. The first-order valence-electron chi connectivity index (χ1n) is 6.26. The molecule has 0 bridgehead atoms. The Balaban J connectivity index is 1.90. The van der Waals surface area contributed by atoms with Gasteiger partial charge in [-0.15, -0.1) is 0 Å². The first-order valence-corrected chi connectivity index (χ1v) is 7.06. The van der Waals surface area contributed by atoms with Crippen molar-refractivity contribution in [2.45, 2.75) is 12.6 Å². The van der Waals surface area contributed by atoms with Crippen LogP contribution in [0.2, 0.25) is 0 Å². The lowest BCUT2D eigenvalue weighted by atomic mass is 10.1. The van der Waals surface area contributed by atoms with Crippen molar-refractivity contribution >= 4 is 15.9 Å². The number of halogens is 1. The Morgan fingerprint density at radius 1 is 1.47 bits per heavy atom. The summed E-state index contributed by atoms with van der Waals surface area (Å²) in [6.45, 7) is 2.87. The van der Waals surface area contributed by atoms with Crippen molar-refractivity contribution in [3.63, 3.8) is 0 Å². The quantitative estimate of drug-likeness (QED) is 0.643. The Kier molecular flexibility index (Phi) is 5.04. The maximum absolute atomic E-state index is 9.75. The SMILES string of the molecule is COc1cc(Br)c(CNCC2CNCC2O)cc1O. The Labute approximate surface area is 121 Å². The van der Waals surface area contributed by atoms with Gasteiger partial charge in [-0.1, -0.05) is 15.9 Å². The number of aliphatic hydroxyl groups excluding tert-OH is 1. The Morgan fingerprint density at radius 2 is 2.26 bits per heavy atom. The van der Waals surface area contributed by atoms with Crippen molar-refractivity contribution in [1.29, 1.82) is 0 Å². The molecule has 0 saturated carbocycles. The lowest BCUT2D eigenvalue weighted by Crippen LogP contribution is -2.30. The summed E-state index contributed by atoms with van der Waals surface area (Å²) in [5.74, 6) is 0.821. The fourth-order valence-electron chi connectivity index (χ4n) is 2.21. The molecule has 2 unspecified atom stereocenters. The minimum atomic E-state index is -0.278.